The number of guanidine groups is 1. The van der Waals surface area contributed by atoms with Gasteiger partial charge in [-0.2, -0.15) is 0 Å². The van der Waals surface area contributed by atoms with Crippen LogP contribution in [0.1, 0.15) is 23.9 Å². The lowest BCUT2D eigenvalue weighted by atomic mass is 10.1. The van der Waals surface area contributed by atoms with E-state index in [1.54, 1.807) is 13.4 Å². The average molecular weight is 428 g/mol. The predicted octanol–water partition coefficient (Wildman–Crippen LogP) is 2.43. The van der Waals surface area contributed by atoms with Crippen LogP contribution in [-0.2, 0) is 19.6 Å². The van der Waals surface area contributed by atoms with Gasteiger partial charge in [0, 0.05) is 27.2 Å². The van der Waals surface area contributed by atoms with E-state index in [9.17, 15) is 0 Å². The van der Waals surface area contributed by atoms with Crippen LogP contribution in [-0.4, -0.2) is 39.7 Å². The fraction of sp³-hybridized carbons (Fsp3) is 0.438. The Balaban J connectivity index is 0.00000264. The normalized spacial score (nSPS) is 11.0. The van der Waals surface area contributed by atoms with E-state index in [0.29, 0.717) is 6.54 Å². The van der Waals surface area contributed by atoms with Crippen LogP contribution >= 0.6 is 24.0 Å². The summed E-state index contributed by atoms with van der Waals surface area (Å²) in [6.07, 6.45) is 1.75. The second kappa shape index (κ2) is 9.49. The molecule has 23 heavy (non-hydrogen) atoms. The summed E-state index contributed by atoms with van der Waals surface area (Å²) in [5.74, 6) is 1.75. The van der Waals surface area contributed by atoms with Gasteiger partial charge in [-0.3, -0.25) is 4.99 Å². The highest BCUT2D eigenvalue weighted by atomic mass is 127. The van der Waals surface area contributed by atoms with Crippen LogP contribution in [0.15, 0.2) is 35.6 Å². The largest absolute Gasteiger partial charge is 0.349 e. The molecule has 0 fully saturated rings. The first kappa shape index (κ1) is 19.4. The number of aliphatic imine (C=N–C) groups is 1. The molecule has 1 aromatic carbocycles. The number of halogens is 1. The number of hydrogen-bond donors (Lipinski definition) is 1. The zero-order chi connectivity index (χ0) is 15.9. The maximum Gasteiger partial charge on any atom is 0.194 e. The van der Waals surface area contributed by atoms with Gasteiger partial charge >= 0.3 is 0 Å². The van der Waals surface area contributed by atoms with E-state index in [0.717, 1.165) is 24.9 Å². The third-order valence-corrected chi connectivity index (χ3v) is 3.68. The number of benzene rings is 1. The highest BCUT2D eigenvalue weighted by Crippen LogP contribution is 2.09. The number of aryl methyl sites for hydroxylation is 2. The Labute approximate surface area is 155 Å². The summed E-state index contributed by atoms with van der Waals surface area (Å²) in [4.78, 5) is 6.45. The number of aromatic nitrogens is 3. The zero-order valence-corrected chi connectivity index (χ0v) is 16.5. The maximum absolute atomic E-state index is 4.34. The topological polar surface area (TPSA) is 58.3 Å². The molecule has 0 atom stereocenters. The molecule has 126 valence electrons. The Morgan fingerprint density at radius 3 is 2.74 bits per heavy atom. The molecule has 0 aliphatic heterocycles. The van der Waals surface area contributed by atoms with Gasteiger partial charge < -0.3 is 14.8 Å². The van der Waals surface area contributed by atoms with E-state index in [2.05, 4.69) is 63.5 Å². The molecular weight excluding hydrogens is 403 g/mol. The van der Waals surface area contributed by atoms with E-state index in [1.807, 2.05) is 11.6 Å². The summed E-state index contributed by atoms with van der Waals surface area (Å²) < 4.78 is 2.02. The molecule has 0 saturated heterocycles. The molecular formula is C16H25IN6. The van der Waals surface area contributed by atoms with Crippen LogP contribution in [0, 0.1) is 6.92 Å². The molecule has 2 rings (SSSR count). The number of nitrogens with zero attached hydrogens (tertiary/aromatic N) is 5. The molecule has 1 heterocycles. The average Bonchev–Trinajstić information content (AvgIpc) is 2.98. The summed E-state index contributed by atoms with van der Waals surface area (Å²) in [6, 6.07) is 8.40. The van der Waals surface area contributed by atoms with Gasteiger partial charge in [0.05, 0.1) is 6.54 Å². The Morgan fingerprint density at radius 2 is 2.09 bits per heavy atom. The van der Waals surface area contributed by atoms with Crippen molar-refractivity contribution in [2.24, 2.45) is 4.99 Å². The summed E-state index contributed by atoms with van der Waals surface area (Å²) in [5.41, 5.74) is 2.58. The predicted molar refractivity (Wildman–Crippen MR) is 104 cm³/mol. The molecule has 1 N–H and O–H groups in total. The number of nitrogens with one attached hydrogen (secondary N) is 1. The van der Waals surface area contributed by atoms with Gasteiger partial charge in [-0.15, -0.1) is 34.2 Å². The molecule has 0 saturated carbocycles. The standard InChI is InChI=1S/C16H24N6.HI/c1-5-22-12-19-20-15(22)10-18-16(17-3)21(4)11-14-9-7-6-8-13(14)2;/h6-9,12H,5,10-11H2,1-4H3,(H,17,18);1H. The minimum absolute atomic E-state index is 0. The van der Waals surface area contributed by atoms with Gasteiger partial charge in [0.1, 0.15) is 6.33 Å². The van der Waals surface area contributed by atoms with E-state index in [-0.39, 0.29) is 24.0 Å². The second-order valence-electron chi connectivity index (χ2n) is 5.22. The Morgan fingerprint density at radius 1 is 1.35 bits per heavy atom. The molecule has 0 unspecified atom stereocenters. The smallest absolute Gasteiger partial charge is 0.194 e. The first-order valence-corrected chi connectivity index (χ1v) is 7.48. The summed E-state index contributed by atoms with van der Waals surface area (Å²) in [6.45, 7) is 6.49. The molecule has 0 aliphatic rings. The third kappa shape index (κ3) is 5.19. The molecule has 0 radical (unpaired) electrons. The lowest BCUT2D eigenvalue weighted by Gasteiger charge is -2.22. The van der Waals surface area contributed by atoms with Crippen LogP contribution in [0.3, 0.4) is 0 Å². The van der Waals surface area contributed by atoms with Crippen LogP contribution in [0.2, 0.25) is 0 Å². The van der Waals surface area contributed by atoms with Gasteiger partial charge in [-0.1, -0.05) is 24.3 Å². The van der Waals surface area contributed by atoms with Crippen LogP contribution < -0.4 is 5.32 Å². The van der Waals surface area contributed by atoms with E-state index in [1.165, 1.54) is 11.1 Å². The quantitative estimate of drug-likeness (QED) is 0.452. The van der Waals surface area contributed by atoms with Crippen molar-refractivity contribution in [1.82, 2.24) is 25.0 Å². The highest BCUT2D eigenvalue weighted by molar-refractivity contribution is 14.0. The van der Waals surface area contributed by atoms with Crippen LogP contribution in [0.5, 0.6) is 0 Å². The van der Waals surface area contributed by atoms with Gasteiger partial charge in [-0.25, -0.2) is 0 Å². The summed E-state index contributed by atoms with van der Waals surface area (Å²) in [7, 11) is 3.83. The Bertz CT molecular complexity index is 637. The van der Waals surface area contributed by atoms with Crippen molar-refractivity contribution in [1.29, 1.82) is 0 Å². The molecule has 0 aliphatic carbocycles. The highest BCUT2D eigenvalue weighted by Gasteiger charge is 2.09. The fourth-order valence-corrected chi connectivity index (χ4v) is 2.34. The lowest BCUT2D eigenvalue weighted by molar-refractivity contribution is 0.472. The molecule has 1 aromatic heterocycles. The van der Waals surface area contributed by atoms with Crippen LogP contribution in [0.25, 0.3) is 0 Å². The molecule has 2 aromatic rings. The monoisotopic (exact) mass is 428 g/mol. The fourth-order valence-electron chi connectivity index (χ4n) is 2.34. The SMILES string of the molecule is CCn1cnnc1CNC(=NC)N(C)Cc1ccccc1C.I. The summed E-state index contributed by atoms with van der Waals surface area (Å²) in [5, 5.41) is 11.4. The van der Waals surface area contributed by atoms with Crippen molar-refractivity contribution in [3.63, 3.8) is 0 Å². The van der Waals surface area contributed by atoms with Gasteiger partial charge in [0.2, 0.25) is 0 Å². The van der Waals surface area contributed by atoms with Gasteiger partial charge in [-0.05, 0) is 25.0 Å². The van der Waals surface area contributed by atoms with E-state index in [4.69, 9.17) is 0 Å². The van der Waals surface area contributed by atoms with Crippen molar-refractivity contribution in [3.05, 3.63) is 47.5 Å². The van der Waals surface area contributed by atoms with Crippen molar-refractivity contribution >= 4 is 29.9 Å². The molecule has 7 heteroatoms. The van der Waals surface area contributed by atoms with Crippen molar-refractivity contribution < 1.29 is 0 Å². The summed E-state index contributed by atoms with van der Waals surface area (Å²) >= 11 is 0. The minimum Gasteiger partial charge on any atom is -0.349 e. The molecule has 6 nitrogen and oxygen atoms in total. The number of hydrogen-bond acceptors (Lipinski definition) is 3. The number of rotatable bonds is 5. The first-order valence-electron chi connectivity index (χ1n) is 7.48. The lowest BCUT2D eigenvalue weighted by Crippen LogP contribution is -2.38. The second-order valence-corrected chi connectivity index (χ2v) is 5.22. The molecule has 0 amide bonds. The third-order valence-electron chi connectivity index (χ3n) is 3.68. The van der Waals surface area contributed by atoms with Gasteiger partial charge in [0.25, 0.3) is 0 Å². The first-order chi connectivity index (χ1) is 10.7. The van der Waals surface area contributed by atoms with Crippen molar-refractivity contribution in [3.8, 4) is 0 Å². The van der Waals surface area contributed by atoms with Gasteiger partial charge in [0.15, 0.2) is 11.8 Å². The minimum atomic E-state index is 0. The Kier molecular flexibility index (Phi) is 8.01. The zero-order valence-electron chi connectivity index (χ0n) is 14.2. The Hall–Kier alpha value is -1.64. The van der Waals surface area contributed by atoms with Crippen molar-refractivity contribution in [2.75, 3.05) is 14.1 Å². The van der Waals surface area contributed by atoms with Crippen LogP contribution in [0.4, 0.5) is 0 Å². The van der Waals surface area contributed by atoms with E-state index >= 15 is 0 Å². The maximum atomic E-state index is 4.34. The van der Waals surface area contributed by atoms with E-state index < -0.39 is 0 Å². The molecule has 0 bridgehead atoms. The van der Waals surface area contributed by atoms with Crippen molar-refractivity contribution in [2.45, 2.75) is 33.5 Å². The molecule has 0 spiro atoms.